The van der Waals surface area contributed by atoms with Crippen LogP contribution in [0.25, 0.3) is 0 Å². The van der Waals surface area contributed by atoms with E-state index >= 15 is 0 Å². The molecule has 0 aliphatic rings. The summed E-state index contributed by atoms with van der Waals surface area (Å²) in [6, 6.07) is 1.44. The van der Waals surface area contributed by atoms with Gasteiger partial charge in [-0.3, -0.25) is 0 Å². The summed E-state index contributed by atoms with van der Waals surface area (Å²) in [5.74, 6) is 0. The maximum atomic E-state index is 2.63. The molecule has 0 aliphatic carbocycles. The van der Waals surface area contributed by atoms with Crippen molar-refractivity contribution in [2.24, 2.45) is 5.41 Å². The molecule has 0 amide bonds. The van der Waals surface area contributed by atoms with E-state index in [1.807, 2.05) is 0 Å². The Morgan fingerprint density at radius 3 is 1.33 bits per heavy atom. The van der Waals surface area contributed by atoms with Gasteiger partial charge in [-0.15, -0.1) is 0 Å². The summed E-state index contributed by atoms with van der Waals surface area (Å²) in [4.78, 5) is 0. The fourth-order valence-corrected chi connectivity index (χ4v) is 15.5. The Kier molecular flexibility index (Phi) is 4.14. The van der Waals surface area contributed by atoms with E-state index in [9.17, 15) is 0 Å². The minimum absolute atomic E-state index is 0.433. The van der Waals surface area contributed by atoms with Crippen LogP contribution >= 0.6 is 0 Å². The minimum Gasteiger partial charge on any atom is -0.0713 e. The molecule has 0 bridgehead atoms. The van der Waals surface area contributed by atoms with Crippen LogP contribution in [0.5, 0.6) is 0 Å². The van der Waals surface area contributed by atoms with Gasteiger partial charge in [0.15, 0.2) is 0 Å². The summed E-state index contributed by atoms with van der Waals surface area (Å²) in [6.45, 7) is 25.2. The maximum Gasteiger partial charge on any atom is 0.0474 e. The maximum absolute atomic E-state index is 2.63. The van der Waals surface area contributed by atoms with E-state index in [0.717, 1.165) is 0 Å². The van der Waals surface area contributed by atoms with Crippen molar-refractivity contribution in [3.63, 3.8) is 0 Å². The van der Waals surface area contributed by atoms with Crippen LogP contribution in [0.15, 0.2) is 0 Å². The lowest BCUT2D eigenvalue weighted by atomic mass is 9.82. The molecule has 0 aliphatic heterocycles. The molecule has 0 aromatic heterocycles. The number of hydrogen-bond donors (Lipinski definition) is 0. The van der Waals surface area contributed by atoms with Crippen molar-refractivity contribution >= 4 is 15.2 Å². The molecule has 0 rings (SSSR count). The molecule has 0 radical (unpaired) electrons. The largest absolute Gasteiger partial charge is 0.0713 e. The van der Waals surface area contributed by atoms with Gasteiger partial charge >= 0.3 is 0 Å². The number of hydrogen-bond acceptors (Lipinski definition) is 0. The third-order valence-electron chi connectivity index (χ3n) is 6.01. The monoisotopic (exact) mass is 244 g/mol. The second-order valence-corrected chi connectivity index (χ2v) is 24.5. The molecule has 0 atom stereocenters. The van der Waals surface area contributed by atoms with Crippen LogP contribution in [0.1, 0.15) is 41.5 Å². The van der Waals surface area contributed by atoms with E-state index in [-0.39, 0.29) is 0 Å². The lowest BCUT2D eigenvalue weighted by Crippen LogP contribution is -2.63. The SMILES string of the molecule is CC[Si](C)(C)[Si](C)(C)C(C)(C)C(C)(C)C. The first kappa shape index (κ1) is 15.4. The fraction of sp³-hybridized carbons (Fsp3) is 1.00. The summed E-state index contributed by atoms with van der Waals surface area (Å²) in [7, 11) is -2.17. The first-order valence-electron chi connectivity index (χ1n) is 6.31. The average Bonchev–Trinajstić information content (AvgIpc) is 2.01. The van der Waals surface area contributed by atoms with Gasteiger partial charge in [-0.2, -0.15) is 0 Å². The molecule has 0 aromatic carbocycles. The van der Waals surface area contributed by atoms with Gasteiger partial charge in [-0.25, -0.2) is 0 Å². The van der Waals surface area contributed by atoms with Crippen molar-refractivity contribution in [2.75, 3.05) is 0 Å². The van der Waals surface area contributed by atoms with Crippen LogP contribution in [-0.2, 0) is 0 Å². The Bertz CT molecular complexity index is 219. The predicted octanol–water partition coefficient (Wildman–Crippen LogP) is 5.33. The van der Waals surface area contributed by atoms with E-state index in [2.05, 4.69) is 67.7 Å². The molecule has 0 spiro atoms. The molecule has 0 heterocycles. The molecule has 0 N–H and O–H groups in total. The van der Waals surface area contributed by atoms with Gasteiger partial charge in [0, 0.05) is 15.2 Å². The third kappa shape index (κ3) is 2.41. The third-order valence-corrected chi connectivity index (χ3v) is 28.1. The summed E-state index contributed by atoms with van der Waals surface area (Å²) < 4.78 is 0. The van der Waals surface area contributed by atoms with E-state index in [1.165, 1.54) is 6.04 Å². The molecule has 2 heteroatoms. The summed E-state index contributed by atoms with van der Waals surface area (Å²) in [6.07, 6.45) is 0. The van der Waals surface area contributed by atoms with Crippen LogP contribution in [0.2, 0.25) is 37.3 Å². The first-order valence-corrected chi connectivity index (χ1v) is 13.5. The normalized spacial score (nSPS) is 15.6. The Hall–Kier alpha value is 0.434. The van der Waals surface area contributed by atoms with Gasteiger partial charge in [-0.05, 0) is 10.5 Å². The summed E-state index contributed by atoms with van der Waals surface area (Å²) >= 11 is 0. The van der Waals surface area contributed by atoms with Gasteiger partial charge in [0.2, 0.25) is 0 Å². The van der Waals surface area contributed by atoms with Gasteiger partial charge in [0.25, 0.3) is 0 Å². The molecule has 0 unspecified atom stereocenters. The van der Waals surface area contributed by atoms with Crippen LogP contribution in [0, 0.1) is 5.41 Å². The molecule has 0 aromatic rings. The van der Waals surface area contributed by atoms with Gasteiger partial charge in [0.1, 0.15) is 0 Å². The molecule has 0 nitrogen and oxygen atoms in total. The Morgan fingerprint density at radius 2 is 1.13 bits per heavy atom. The zero-order valence-electron chi connectivity index (χ0n) is 12.7. The highest BCUT2D eigenvalue weighted by atomic mass is 29.3. The van der Waals surface area contributed by atoms with E-state index < -0.39 is 15.2 Å². The highest BCUT2D eigenvalue weighted by molar-refractivity contribution is 7.41. The van der Waals surface area contributed by atoms with Gasteiger partial charge in [-0.1, -0.05) is 73.8 Å². The van der Waals surface area contributed by atoms with Crippen LogP contribution < -0.4 is 0 Å². The molecule has 92 valence electrons. The van der Waals surface area contributed by atoms with Crippen LogP contribution in [0.4, 0.5) is 0 Å². The van der Waals surface area contributed by atoms with Crippen molar-refractivity contribution in [1.82, 2.24) is 0 Å². The average molecular weight is 245 g/mol. The smallest absolute Gasteiger partial charge is 0.0474 e. The quantitative estimate of drug-likeness (QED) is 0.589. The topological polar surface area (TPSA) is 0 Å². The number of rotatable bonds is 3. The molecular weight excluding hydrogens is 212 g/mol. The van der Waals surface area contributed by atoms with Crippen molar-refractivity contribution in [3.8, 4) is 0 Å². The first-order chi connectivity index (χ1) is 6.31. The Morgan fingerprint density at radius 1 is 0.800 bits per heavy atom. The molecule has 15 heavy (non-hydrogen) atoms. The highest BCUT2D eigenvalue weighted by Gasteiger charge is 2.54. The van der Waals surface area contributed by atoms with Crippen molar-refractivity contribution in [1.29, 1.82) is 0 Å². The second-order valence-electron chi connectivity index (χ2n) is 7.74. The minimum atomic E-state index is -1.16. The van der Waals surface area contributed by atoms with Crippen LogP contribution in [0.3, 0.4) is 0 Å². The molecular formula is C13H32Si2. The van der Waals surface area contributed by atoms with Crippen molar-refractivity contribution in [2.45, 2.75) is 78.8 Å². The molecule has 0 saturated carbocycles. The standard InChI is InChI=1S/C13H32Si2/c1-11-14(7,8)15(9,10)13(5,6)12(2,3)4/h11H2,1-10H3. The fourth-order valence-electron chi connectivity index (χ4n) is 2.23. The second kappa shape index (κ2) is 4.03. The predicted molar refractivity (Wildman–Crippen MR) is 78.9 cm³/mol. The van der Waals surface area contributed by atoms with Gasteiger partial charge in [0.05, 0.1) is 0 Å². The van der Waals surface area contributed by atoms with E-state index in [1.54, 1.807) is 0 Å². The van der Waals surface area contributed by atoms with Crippen molar-refractivity contribution in [3.05, 3.63) is 0 Å². The Labute approximate surface area is 99.7 Å². The molecule has 0 fully saturated rings. The summed E-state index contributed by atoms with van der Waals surface area (Å²) in [5.41, 5.74) is 0.433. The zero-order valence-corrected chi connectivity index (χ0v) is 14.7. The highest BCUT2D eigenvalue weighted by Crippen LogP contribution is 2.55. The van der Waals surface area contributed by atoms with E-state index in [4.69, 9.17) is 0 Å². The lowest BCUT2D eigenvalue weighted by Gasteiger charge is -2.56. The lowest BCUT2D eigenvalue weighted by molar-refractivity contribution is 0.292. The zero-order chi connectivity index (χ0) is 12.7. The van der Waals surface area contributed by atoms with Gasteiger partial charge < -0.3 is 0 Å². The summed E-state index contributed by atoms with van der Waals surface area (Å²) in [5, 5.41) is 0.520. The molecule has 0 saturated heterocycles. The van der Waals surface area contributed by atoms with Crippen molar-refractivity contribution < 1.29 is 0 Å². The van der Waals surface area contributed by atoms with Crippen LogP contribution in [-0.4, -0.2) is 15.2 Å². The Balaban J connectivity index is 5.38. The van der Waals surface area contributed by atoms with E-state index in [0.29, 0.717) is 10.5 Å².